The number of aromatic nitrogens is 4. The molecule has 0 radical (unpaired) electrons. The zero-order valence-electron chi connectivity index (χ0n) is 10.9. The molecule has 0 spiro atoms. The van der Waals surface area contributed by atoms with E-state index in [0.29, 0.717) is 0 Å². The van der Waals surface area contributed by atoms with Crippen molar-refractivity contribution in [3.05, 3.63) is 28.8 Å². The lowest BCUT2D eigenvalue weighted by molar-refractivity contribution is -0.0414. The Morgan fingerprint density at radius 1 is 1.33 bits per heavy atom. The van der Waals surface area contributed by atoms with E-state index in [2.05, 4.69) is 15.0 Å². The predicted molar refractivity (Wildman–Crippen MR) is 73.3 cm³/mol. The largest absolute Gasteiger partial charge is 0.396 e. The highest BCUT2D eigenvalue weighted by molar-refractivity contribution is 5.70. The first-order valence-corrected chi connectivity index (χ1v) is 6.40. The molecular formula is C12H15N5O4. The van der Waals surface area contributed by atoms with Gasteiger partial charge in [-0.1, -0.05) is 12.2 Å². The Kier molecular flexibility index (Phi) is 3.24. The summed E-state index contributed by atoms with van der Waals surface area (Å²) in [4.78, 5) is 22.0. The van der Waals surface area contributed by atoms with Gasteiger partial charge in [-0.15, -0.1) is 0 Å². The van der Waals surface area contributed by atoms with E-state index >= 15 is 0 Å². The van der Waals surface area contributed by atoms with E-state index in [1.807, 2.05) is 0 Å². The fourth-order valence-corrected chi connectivity index (χ4v) is 2.53. The number of hydrogen-bond acceptors (Lipinski definition) is 7. The first-order valence-electron chi connectivity index (χ1n) is 6.40. The lowest BCUT2D eigenvalue weighted by Crippen LogP contribution is -2.42. The topological polar surface area (TPSA) is 150 Å². The molecule has 9 heteroatoms. The van der Waals surface area contributed by atoms with Gasteiger partial charge in [-0.2, -0.15) is 4.98 Å². The number of rotatable bonds is 2. The van der Waals surface area contributed by atoms with Crippen LogP contribution in [0.3, 0.4) is 0 Å². The zero-order chi connectivity index (χ0) is 15.1. The Labute approximate surface area is 118 Å². The van der Waals surface area contributed by atoms with Gasteiger partial charge in [0, 0.05) is 5.92 Å². The Morgan fingerprint density at radius 2 is 2.10 bits per heavy atom. The molecule has 21 heavy (non-hydrogen) atoms. The molecule has 1 aliphatic carbocycles. The van der Waals surface area contributed by atoms with Crippen molar-refractivity contribution in [2.24, 2.45) is 5.92 Å². The minimum atomic E-state index is -1.16. The van der Waals surface area contributed by atoms with Crippen molar-refractivity contribution in [3.63, 3.8) is 0 Å². The summed E-state index contributed by atoms with van der Waals surface area (Å²) < 4.78 is 1.47. The molecule has 6 N–H and O–H groups in total. The molecule has 3 rings (SSSR count). The molecule has 9 nitrogen and oxygen atoms in total. The van der Waals surface area contributed by atoms with Crippen LogP contribution in [0.4, 0.5) is 5.95 Å². The van der Waals surface area contributed by atoms with Crippen LogP contribution in [0.15, 0.2) is 23.3 Å². The maximum absolute atomic E-state index is 11.7. The molecule has 112 valence electrons. The molecule has 0 unspecified atom stereocenters. The van der Waals surface area contributed by atoms with Gasteiger partial charge < -0.3 is 25.6 Å². The van der Waals surface area contributed by atoms with Crippen LogP contribution in [0, 0.1) is 5.92 Å². The third-order valence-electron chi connectivity index (χ3n) is 3.68. The second kappa shape index (κ2) is 4.95. The molecule has 0 fully saturated rings. The molecule has 1 aliphatic rings. The van der Waals surface area contributed by atoms with Gasteiger partial charge in [-0.3, -0.25) is 9.78 Å². The monoisotopic (exact) mass is 293 g/mol. The van der Waals surface area contributed by atoms with Crippen molar-refractivity contribution in [2.45, 2.75) is 18.2 Å². The Hall–Kier alpha value is -2.23. The van der Waals surface area contributed by atoms with E-state index in [9.17, 15) is 15.0 Å². The molecule has 0 aromatic carbocycles. The van der Waals surface area contributed by atoms with Crippen LogP contribution >= 0.6 is 0 Å². The molecule has 0 saturated heterocycles. The van der Waals surface area contributed by atoms with Gasteiger partial charge in [0.05, 0.1) is 25.1 Å². The van der Waals surface area contributed by atoms with Gasteiger partial charge in [-0.25, -0.2) is 4.98 Å². The molecular weight excluding hydrogens is 278 g/mol. The summed E-state index contributed by atoms with van der Waals surface area (Å²) in [6.07, 6.45) is 2.33. The number of H-pyrrole nitrogens is 1. The van der Waals surface area contributed by atoms with Crippen LogP contribution in [-0.2, 0) is 0 Å². The normalized spacial score (nSPS) is 29.1. The standard InChI is InChI=1S/C12H15N5O4/c13-12-15-10-7(11(21)16-12)14-4-17(10)6-2-1-5(3-18)8(19)9(6)20/h1-2,4-6,8-9,18-20H,3H2,(H3,13,15,16,21)/t5-,6-,8-,9-/m1/s1. The maximum atomic E-state index is 11.7. The maximum Gasteiger partial charge on any atom is 0.280 e. The molecule has 2 heterocycles. The lowest BCUT2D eigenvalue weighted by Gasteiger charge is -2.33. The van der Waals surface area contributed by atoms with Crippen molar-refractivity contribution >= 4 is 17.1 Å². The van der Waals surface area contributed by atoms with Crippen LogP contribution < -0.4 is 11.3 Å². The van der Waals surface area contributed by atoms with Crippen LogP contribution in [-0.4, -0.2) is 53.7 Å². The SMILES string of the molecule is Nc1nc2c(ncn2[C@@H]2C=C[C@H](CO)[C@@H](O)[C@@H]2O)c(=O)[nH]1. The van der Waals surface area contributed by atoms with Crippen molar-refractivity contribution < 1.29 is 15.3 Å². The second-order valence-corrected chi connectivity index (χ2v) is 4.98. The van der Waals surface area contributed by atoms with Gasteiger partial charge >= 0.3 is 0 Å². The van der Waals surface area contributed by atoms with Crippen LogP contribution in [0.5, 0.6) is 0 Å². The summed E-state index contributed by atoms with van der Waals surface area (Å²) in [6, 6.07) is -0.651. The summed E-state index contributed by atoms with van der Waals surface area (Å²) in [6.45, 7) is -0.267. The van der Waals surface area contributed by atoms with Gasteiger partial charge in [0.15, 0.2) is 11.2 Å². The van der Waals surface area contributed by atoms with E-state index in [1.54, 1.807) is 12.2 Å². The van der Waals surface area contributed by atoms with Crippen LogP contribution in [0.25, 0.3) is 11.2 Å². The summed E-state index contributed by atoms with van der Waals surface area (Å²) in [7, 11) is 0. The predicted octanol–water partition coefficient (Wildman–Crippen LogP) is -1.86. The smallest absolute Gasteiger partial charge is 0.280 e. The summed E-state index contributed by atoms with van der Waals surface area (Å²) in [5, 5.41) is 29.3. The number of nitrogens with zero attached hydrogens (tertiary/aromatic N) is 3. The van der Waals surface area contributed by atoms with Crippen LogP contribution in [0.1, 0.15) is 6.04 Å². The number of hydrogen-bond donors (Lipinski definition) is 5. The molecule has 2 aromatic rings. The average Bonchev–Trinajstić information content (AvgIpc) is 2.86. The number of aliphatic hydroxyl groups is 3. The highest BCUT2D eigenvalue weighted by Gasteiger charge is 2.35. The van der Waals surface area contributed by atoms with Crippen molar-refractivity contribution in [1.29, 1.82) is 0 Å². The summed E-state index contributed by atoms with van der Waals surface area (Å²) in [5.74, 6) is -0.593. The van der Waals surface area contributed by atoms with Crippen molar-refractivity contribution in [3.8, 4) is 0 Å². The molecule has 0 saturated carbocycles. The number of anilines is 1. The minimum absolute atomic E-state index is 0.0580. The molecule has 4 atom stereocenters. The van der Waals surface area contributed by atoms with Gasteiger partial charge in [0.2, 0.25) is 5.95 Å². The van der Waals surface area contributed by atoms with Gasteiger partial charge in [0.25, 0.3) is 5.56 Å². The first-order chi connectivity index (χ1) is 10.0. The quantitative estimate of drug-likeness (QED) is 0.407. The third kappa shape index (κ3) is 2.11. The third-order valence-corrected chi connectivity index (χ3v) is 3.68. The van der Waals surface area contributed by atoms with E-state index < -0.39 is 29.7 Å². The Morgan fingerprint density at radius 3 is 2.81 bits per heavy atom. The zero-order valence-corrected chi connectivity index (χ0v) is 10.9. The molecule has 0 aliphatic heterocycles. The Balaban J connectivity index is 2.11. The van der Waals surface area contributed by atoms with Crippen LogP contribution in [0.2, 0.25) is 0 Å². The summed E-state index contributed by atoms with van der Waals surface area (Å²) in [5.41, 5.74) is 5.37. The number of aromatic amines is 1. The highest BCUT2D eigenvalue weighted by Crippen LogP contribution is 2.28. The average molecular weight is 293 g/mol. The molecule has 2 aromatic heterocycles. The minimum Gasteiger partial charge on any atom is -0.396 e. The summed E-state index contributed by atoms with van der Waals surface area (Å²) >= 11 is 0. The molecule has 0 amide bonds. The number of fused-ring (bicyclic) bond motifs is 1. The fourth-order valence-electron chi connectivity index (χ4n) is 2.53. The van der Waals surface area contributed by atoms with Gasteiger partial charge in [-0.05, 0) is 0 Å². The Bertz CT molecular complexity index is 752. The highest BCUT2D eigenvalue weighted by atomic mass is 16.3. The van der Waals surface area contributed by atoms with Crippen molar-refractivity contribution in [2.75, 3.05) is 12.3 Å². The number of nitrogens with one attached hydrogen (secondary N) is 1. The van der Waals surface area contributed by atoms with E-state index in [1.165, 1.54) is 10.9 Å². The number of nitrogens with two attached hydrogens (primary N) is 1. The van der Waals surface area contributed by atoms with E-state index in [0.717, 1.165) is 0 Å². The number of nitrogen functional groups attached to an aromatic ring is 1. The number of imidazole rings is 1. The van der Waals surface area contributed by atoms with E-state index in [-0.39, 0.29) is 23.7 Å². The van der Waals surface area contributed by atoms with Crippen molar-refractivity contribution in [1.82, 2.24) is 19.5 Å². The second-order valence-electron chi connectivity index (χ2n) is 4.98. The fraction of sp³-hybridized carbons (Fsp3) is 0.417. The number of aliphatic hydroxyl groups excluding tert-OH is 3. The van der Waals surface area contributed by atoms with Gasteiger partial charge in [0.1, 0.15) is 6.10 Å². The lowest BCUT2D eigenvalue weighted by atomic mass is 9.88. The first kappa shape index (κ1) is 13.7. The van der Waals surface area contributed by atoms with E-state index in [4.69, 9.17) is 10.8 Å². The molecule has 0 bridgehead atoms.